The fourth-order valence-electron chi connectivity index (χ4n) is 3.97. The molecule has 0 aliphatic carbocycles. The van der Waals surface area contributed by atoms with Gasteiger partial charge in [-0.25, -0.2) is 0 Å². The molecule has 4 aromatic rings. The highest BCUT2D eigenvalue weighted by atomic mass is 35.5. The molecule has 1 heterocycles. The van der Waals surface area contributed by atoms with Crippen molar-refractivity contribution in [3.63, 3.8) is 0 Å². The minimum absolute atomic E-state index is 0. The first-order chi connectivity index (χ1) is 16.1. The number of hydrogen-bond donors (Lipinski definition) is 1. The molecule has 4 rings (SSSR count). The van der Waals surface area contributed by atoms with Crippen molar-refractivity contribution >= 4 is 12.4 Å². The molecule has 0 spiro atoms. The molecule has 0 amide bonds. The Bertz CT molecular complexity index is 1230. The van der Waals surface area contributed by atoms with Crippen LogP contribution < -0.4 is 0 Å². The third kappa shape index (κ3) is 5.90. The van der Waals surface area contributed by atoms with Crippen molar-refractivity contribution < 1.29 is 14.4 Å². The Hall–Kier alpha value is -3.03. The van der Waals surface area contributed by atoms with Gasteiger partial charge in [-0.2, -0.15) is 4.98 Å². The molecule has 0 atom stereocenters. The molecule has 0 aliphatic heterocycles. The second kappa shape index (κ2) is 11.9. The monoisotopic (exact) mass is 479 g/mol. The van der Waals surface area contributed by atoms with Gasteiger partial charge in [0.2, 0.25) is 5.82 Å². The predicted molar refractivity (Wildman–Crippen MR) is 137 cm³/mol. The number of nitrogens with zero attached hydrogens (tertiary/aromatic N) is 3. The lowest BCUT2D eigenvalue weighted by Crippen LogP contribution is -2.21. The number of rotatable bonds is 9. The zero-order valence-corrected chi connectivity index (χ0v) is 20.5. The second-order valence-corrected chi connectivity index (χ2v) is 8.20. The molecule has 0 saturated carbocycles. The zero-order valence-electron chi connectivity index (χ0n) is 19.7. The van der Waals surface area contributed by atoms with Crippen molar-refractivity contribution in [3.05, 3.63) is 83.4 Å². The van der Waals surface area contributed by atoms with Crippen molar-refractivity contribution in [2.24, 2.45) is 0 Å². The molecule has 0 aliphatic rings. The van der Waals surface area contributed by atoms with Gasteiger partial charge < -0.3 is 14.4 Å². The van der Waals surface area contributed by atoms with Crippen LogP contribution in [0.25, 0.3) is 34.0 Å². The summed E-state index contributed by atoms with van der Waals surface area (Å²) in [4.78, 5) is 6.72. The Balaban J connectivity index is 0.00000324. The molecule has 0 fully saturated rings. The summed E-state index contributed by atoms with van der Waals surface area (Å²) < 4.78 is 11.1. The number of aryl methyl sites for hydroxylation is 1. The molecular weight excluding hydrogens is 450 g/mol. The van der Waals surface area contributed by atoms with E-state index < -0.39 is 0 Å². The number of methoxy groups -OCH3 is 1. The normalized spacial score (nSPS) is 11.0. The topological polar surface area (TPSA) is 71.6 Å². The van der Waals surface area contributed by atoms with E-state index in [1.165, 1.54) is 11.1 Å². The zero-order chi connectivity index (χ0) is 23.2. The predicted octanol–water partition coefficient (Wildman–Crippen LogP) is 5.37. The number of benzene rings is 3. The lowest BCUT2D eigenvalue weighted by molar-refractivity contribution is 0.185. The first-order valence-electron chi connectivity index (χ1n) is 11.0. The van der Waals surface area contributed by atoms with Crippen LogP contribution in [0.5, 0.6) is 0 Å². The molecular formula is C27H30ClN3O3. The minimum Gasteiger partial charge on any atom is -0.395 e. The summed E-state index contributed by atoms with van der Waals surface area (Å²) in [6.45, 7) is 4.10. The van der Waals surface area contributed by atoms with Crippen molar-refractivity contribution in [1.82, 2.24) is 15.0 Å². The average molecular weight is 480 g/mol. The Morgan fingerprint density at radius 2 is 1.79 bits per heavy atom. The van der Waals surface area contributed by atoms with E-state index in [2.05, 4.69) is 58.4 Å². The summed E-state index contributed by atoms with van der Waals surface area (Å²) in [5.41, 5.74) is 7.49. The summed E-state index contributed by atoms with van der Waals surface area (Å²) in [6, 6.07) is 22.6. The number of hydrogen-bond acceptors (Lipinski definition) is 6. The van der Waals surface area contributed by atoms with Crippen LogP contribution in [-0.2, 0) is 17.9 Å². The van der Waals surface area contributed by atoms with Crippen LogP contribution in [-0.4, -0.2) is 47.5 Å². The van der Waals surface area contributed by atoms with Crippen LogP contribution in [0.3, 0.4) is 0 Å². The molecule has 0 saturated heterocycles. The Morgan fingerprint density at radius 1 is 0.971 bits per heavy atom. The van der Waals surface area contributed by atoms with E-state index in [0.29, 0.717) is 24.9 Å². The quantitative estimate of drug-likeness (QED) is 0.348. The van der Waals surface area contributed by atoms with E-state index in [4.69, 9.17) is 14.4 Å². The molecule has 3 aromatic carbocycles. The largest absolute Gasteiger partial charge is 0.395 e. The van der Waals surface area contributed by atoms with Crippen LogP contribution in [0.15, 0.2) is 71.3 Å². The smallest absolute Gasteiger partial charge is 0.258 e. The summed E-state index contributed by atoms with van der Waals surface area (Å²) in [5.74, 6) is 1.02. The Kier molecular flexibility index (Phi) is 8.96. The highest BCUT2D eigenvalue weighted by Gasteiger charge is 2.15. The minimum atomic E-state index is 0. The molecule has 7 heteroatoms. The highest BCUT2D eigenvalue weighted by molar-refractivity contribution is 5.85. The van der Waals surface area contributed by atoms with Crippen molar-refractivity contribution in [1.29, 1.82) is 0 Å². The van der Waals surface area contributed by atoms with Gasteiger partial charge >= 0.3 is 0 Å². The molecule has 178 valence electrons. The standard InChI is InChI=1S/C27H29N3O3.ClH/c1-19-7-4-5-10-24(19)25-12-11-22(16-23(25)18-32-3)27-28-26(29-33-27)21-9-6-8-20(15-21)17-30(2)13-14-31;/h4-12,15-16,31H,13-14,17-18H2,1-3H3;1H. The average Bonchev–Trinajstić information content (AvgIpc) is 3.31. The summed E-state index contributed by atoms with van der Waals surface area (Å²) in [5, 5.41) is 13.3. The SMILES string of the molecule is COCc1cc(-c2nc(-c3cccc(CN(C)CCO)c3)no2)ccc1-c1ccccc1C.Cl. The van der Waals surface area contributed by atoms with Gasteiger partial charge in [0.1, 0.15) is 0 Å². The molecule has 6 nitrogen and oxygen atoms in total. The molecule has 34 heavy (non-hydrogen) atoms. The fraction of sp³-hybridized carbons (Fsp3) is 0.259. The van der Waals surface area contributed by atoms with Crippen molar-refractivity contribution in [2.45, 2.75) is 20.1 Å². The van der Waals surface area contributed by atoms with E-state index in [9.17, 15) is 0 Å². The number of ether oxygens (including phenoxy) is 1. The van der Waals surface area contributed by atoms with Crippen molar-refractivity contribution in [3.8, 4) is 34.0 Å². The first kappa shape index (κ1) is 25.6. The van der Waals surface area contributed by atoms with Gasteiger partial charge in [0.05, 0.1) is 13.2 Å². The van der Waals surface area contributed by atoms with Gasteiger partial charge in [0.15, 0.2) is 0 Å². The highest BCUT2D eigenvalue weighted by Crippen LogP contribution is 2.31. The summed E-state index contributed by atoms with van der Waals surface area (Å²) in [7, 11) is 3.68. The van der Waals surface area contributed by atoms with Crippen LogP contribution in [0.4, 0.5) is 0 Å². The molecule has 0 radical (unpaired) electrons. The lowest BCUT2D eigenvalue weighted by atomic mass is 9.94. The maximum Gasteiger partial charge on any atom is 0.258 e. The summed E-state index contributed by atoms with van der Waals surface area (Å²) in [6.07, 6.45) is 0. The molecule has 0 bridgehead atoms. The third-order valence-corrected chi connectivity index (χ3v) is 5.63. The first-order valence-corrected chi connectivity index (χ1v) is 11.0. The number of likely N-dealkylation sites (N-methyl/N-ethyl adjacent to an activating group) is 1. The van der Waals surface area contributed by atoms with E-state index in [-0.39, 0.29) is 19.0 Å². The number of aliphatic hydroxyl groups excluding tert-OH is 1. The van der Waals surface area contributed by atoms with Gasteiger partial charge in [-0.05, 0) is 60.0 Å². The second-order valence-electron chi connectivity index (χ2n) is 8.20. The van der Waals surface area contributed by atoms with Gasteiger partial charge in [-0.15, -0.1) is 12.4 Å². The van der Waals surface area contributed by atoms with Gasteiger partial charge in [-0.3, -0.25) is 4.90 Å². The summed E-state index contributed by atoms with van der Waals surface area (Å²) >= 11 is 0. The molecule has 1 N–H and O–H groups in total. The number of aliphatic hydroxyl groups is 1. The number of halogens is 1. The van der Waals surface area contributed by atoms with Crippen LogP contribution in [0.2, 0.25) is 0 Å². The third-order valence-electron chi connectivity index (χ3n) is 5.63. The van der Waals surface area contributed by atoms with E-state index in [0.717, 1.165) is 34.4 Å². The fourth-order valence-corrected chi connectivity index (χ4v) is 3.97. The van der Waals surface area contributed by atoms with E-state index in [1.807, 2.05) is 37.4 Å². The number of aromatic nitrogens is 2. The van der Waals surface area contributed by atoms with Crippen LogP contribution in [0, 0.1) is 6.92 Å². The van der Waals surface area contributed by atoms with Crippen molar-refractivity contribution in [2.75, 3.05) is 27.3 Å². The van der Waals surface area contributed by atoms with Gasteiger partial charge in [-0.1, -0.05) is 53.7 Å². The van der Waals surface area contributed by atoms with Gasteiger partial charge in [0.25, 0.3) is 5.89 Å². The van der Waals surface area contributed by atoms with E-state index >= 15 is 0 Å². The Labute approximate surface area is 206 Å². The lowest BCUT2D eigenvalue weighted by Gasteiger charge is -2.15. The van der Waals surface area contributed by atoms with E-state index in [1.54, 1.807) is 7.11 Å². The maximum atomic E-state index is 9.12. The maximum absolute atomic E-state index is 9.12. The Morgan fingerprint density at radius 3 is 2.56 bits per heavy atom. The molecule has 0 unspecified atom stereocenters. The van der Waals surface area contributed by atoms with Crippen LogP contribution >= 0.6 is 12.4 Å². The van der Waals surface area contributed by atoms with Crippen LogP contribution in [0.1, 0.15) is 16.7 Å². The van der Waals surface area contributed by atoms with Gasteiger partial charge in [0, 0.05) is 31.3 Å². The molecule has 1 aromatic heterocycles.